The number of hydrogen-bond acceptors (Lipinski definition) is 5. The minimum atomic E-state index is -2.24. The van der Waals surface area contributed by atoms with Gasteiger partial charge in [-0.25, -0.2) is 0 Å². The molecule has 3 aliphatic rings. The Morgan fingerprint density at radius 1 is 1.00 bits per heavy atom. The predicted octanol–water partition coefficient (Wildman–Crippen LogP) is 3.27. The molecule has 3 aliphatic carbocycles. The highest BCUT2D eigenvalue weighted by molar-refractivity contribution is 6.60. The quantitative estimate of drug-likeness (QED) is 0.415. The third kappa shape index (κ3) is 4.04. The summed E-state index contributed by atoms with van der Waals surface area (Å²) in [6, 6.07) is 0.910. The molecular weight excluding hydrogens is 324 g/mol. The number of unbranched alkanes of at least 4 members (excludes halogenated alkanes) is 1. The summed E-state index contributed by atoms with van der Waals surface area (Å²) >= 11 is 0. The molecule has 0 amide bonds. The molecule has 0 aromatic heterocycles. The fourth-order valence-electron chi connectivity index (χ4n) is 4.06. The van der Waals surface area contributed by atoms with Gasteiger partial charge in [-0.2, -0.15) is 0 Å². The number of carbonyl (C=O) groups is 2. The second kappa shape index (κ2) is 9.04. The number of Topliss-reactive ketones (excluding diaryl/α,β-unsaturated/α-hetero) is 2. The Morgan fingerprint density at radius 3 is 1.83 bits per heavy atom. The average Bonchev–Trinajstić information content (AvgIpc) is 3.25. The Kier molecular flexibility index (Phi) is 7.99. The third-order valence-electron chi connectivity index (χ3n) is 5.32. The monoisotopic (exact) mass is 356 g/mol. The van der Waals surface area contributed by atoms with Crippen LogP contribution in [0.4, 0.5) is 0 Å². The van der Waals surface area contributed by atoms with E-state index >= 15 is 0 Å². The molecule has 138 valence electrons. The summed E-state index contributed by atoms with van der Waals surface area (Å²) in [6.45, 7) is 2.14. The van der Waals surface area contributed by atoms with Gasteiger partial charge in [0.15, 0.2) is 0 Å². The van der Waals surface area contributed by atoms with Crippen molar-refractivity contribution in [3.8, 4) is 0 Å². The van der Waals surface area contributed by atoms with Crippen LogP contribution in [0.15, 0.2) is 12.2 Å². The summed E-state index contributed by atoms with van der Waals surface area (Å²) in [4.78, 5) is 22.8. The first kappa shape index (κ1) is 21.2. The van der Waals surface area contributed by atoms with Crippen molar-refractivity contribution in [2.24, 2.45) is 23.7 Å². The average molecular weight is 357 g/mol. The van der Waals surface area contributed by atoms with Gasteiger partial charge in [-0.3, -0.25) is 9.59 Å². The van der Waals surface area contributed by atoms with Crippen molar-refractivity contribution < 1.29 is 22.9 Å². The number of fused-ring (bicyclic) bond motifs is 5. The van der Waals surface area contributed by atoms with Crippen LogP contribution in [-0.2, 0) is 22.9 Å². The van der Waals surface area contributed by atoms with Gasteiger partial charge in [0, 0.05) is 39.2 Å². The van der Waals surface area contributed by atoms with E-state index in [-0.39, 0.29) is 37.2 Å². The lowest BCUT2D eigenvalue weighted by atomic mass is 9.85. The maximum Gasteiger partial charge on any atom is 0.500 e. The van der Waals surface area contributed by atoms with Crippen LogP contribution >= 0.6 is 0 Å². The molecule has 2 fully saturated rings. The molecule has 5 nitrogen and oxygen atoms in total. The first-order chi connectivity index (χ1) is 11.0. The Morgan fingerprint density at radius 2 is 1.46 bits per heavy atom. The molecule has 0 aliphatic heterocycles. The molecule has 4 atom stereocenters. The van der Waals surface area contributed by atoms with Gasteiger partial charge < -0.3 is 13.3 Å². The molecule has 0 heterocycles. The molecule has 0 N–H and O–H groups in total. The van der Waals surface area contributed by atoms with Crippen molar-refractivity contribution in [3.63, 3.8) is 0 Å². The van der Waals surface area contributed by atoms with E-state index in [1.807, 2.05) is 0 Å². The van der Waals surface area contributed by atoms with Crippen molar-refractivity contribution in [2.75, 3.05) is 21.3 Å². The number of carbonyl (C=O) groups excluding carboxylic acids is 2. The van der Waals surface area contributed by atoms with Crippen LogP contribution in [0.1, 0.15) is 40.0 Å². The van der Waals surface area contributed by atoms with Crippen LogP contribution in [0, 0.1) is 23.7 Å². The lowest BCUT2D eigenvalue weighted by Crippen LogP contribution is -2.42. The zero-order chi connectivity index (χ0) is 17.0. The molecule has 6 heteroatoms. The fourth-order valence-corrected chi connectivity index (χ4v) is 5.96. The third-order valence-corrected chi connectivity index (χ3v) is 8.15. The molecule has 0 aromatic carbocycles. The molecular formula is C18H32O5Si. The first-order valence-corrected chi connectivity index (χ1v) is 10.3. The lowest BCUT2D eigenvalue weighted by Gasteiger charge is -2.23. The van der Waals surface area contributed by atoms with Gasteiger partial charge in [-0.1, -0.05) is 32.9 Å². The largest absolute Gasteiger partial charge is 0.500 e. The van der Waals surface area contributed by atoms with Gasteiger partial charge in [0.25, 0.3) is 0 Å². The second-order valence-corrected chi connectivity index (χ2v) is 9.60. The van der Waals surface area contributed by atoms with Gasteiger partial charge in [0.2, 0.25) is 0 Å². The van der Waals surface area contributed by atoms with E-state index in [0.717, 1.165) is 25.3 Å². The summed E-state index contributed by atoms with van der Waals surface area (Å²) in [5.41, 5.74) is 0. The minimum absolute atomic E-state index is 0. The zero-order valence-corrected chi connectivity index (χ0v) is 15.5. The van der Waals surface area contributed by atoms with Gasteiger partial charge >= 0.3 is 8.80 Å². The predicted molar refractivity (Wildman–Crippen MR) is 95.6 cm³/mol. The highest BCUT2D eigenvalue weighted by atomic mass is 28.4. The van der Waals surface area contributed by atoms with E-state index in [1.54, 1.807) is 21.3 Å². The van der Waals surface area contributed by atoms with Crippen molar-refractivity contribution in [1.29, 1.82) is 0 Å². The van der Waals surface area contributed by atoms with E-state index < -0.39 is 8.80 Å². The normalized spacial score (nSPS) is 30.0. The summed E-state index contributed by atoms with van der Waals surface area (Å²) in [7, 11) is 2.70. The highest BCUT2D eigenvalue weighted by Gasteiger charge is 2.55. The second-order valence-electron chi connectivity index (χ2n) is 6.51. The van der Waals surface area contributed by atoms with Crippen molar-refractivity contribution >= 4 is 20.4 Å². The van der Waals surface area contributed by atoms with Gasteiger partial charge in [-0.05, 0) is 24.7 Å². The van der Waals surface area contributed by atoms with Crippen LogP contribution in [0.25, 0.3) is 0 Å². The minimum Gasteiger partial charge on any atom is -0.377 e. The molecule has 0 saturated heterocycles. The van der Waals surface area contributed by atoms with Crippen molar-refractivity contribution in [3.05, 3.63) is 12.2 Å². The Hall–Kier alpha value is -0.823. The standard InChI is InChI=1S/C10H10O2.C7H18O3Si.CH4/c11-7-4-8(12)10-6-2-1-5(3-6)9(7)10;1-5-6-7-11(8-2,9-3)10-4;/h1-2,5-6,9-10H,3-4H2;5-7H2,1-4H3;1H4. The van der Waals surface area contributed by atoms with Crippen LogP contribution in [0.3, 0.4) is 0 Å². The molecule has 2 bridgehead atoms. The topological polar surface area (TPSA) is 61.8 Å². The van der Waals surface area contributed by atoms with Crippen LogP contribution in [0.2, 0.25) is 6.04 Å². The van der Waals surface area contributed by atoms with Crippen molar-refractivity contribution in [2.45, 2.75) is 46.1 Å². The first-order valence-electron chi connectivity index (χ1n) is 8.41. The fraction of sp³-hybridized carbons (Fsp3) is 0.778. The maximum absolute atomic E-state index is 11.4. The smallest absolute Gasteiger partial charge is 0.377 e. The molecule has 2 saturated carbocycles. The molecule has 0 radical (unpaired) electrons. The van der Waals surface area contributed by atoms with Gasteiger partial charge in [-0.15, -0.1) is 0 Å². The molecule has 0 aromatic rings. The lowest BCUT2D eigenvalue weighted by molar-refractivity contribution is -0.123. The van der Waals surface area contributed by atoms with Crippen molar-refractivity contribution in [1.82, 2.24) is 0 Å². The van der Waals surface area contributed by atoms with E-state index in [0.29, 0.717) is 11.8 Å². The van der Waals surface area contributed by atoms with Crippen LogP contribution in [-0.4, -0.2) is 41.7 Å². The number of rotatable bonds is 6. The van der Waals surface area contributed by atoms with Crippen LogP contribution in [0.5, 0.6) is 0 Å². The molecule has 4 unspecified atom stereocenters. The van der Waals surface area contributed by atoms with E-state index in [4.69, 9.17) is 13.3 Å². The Bertz CT molecular complexity index is 436. The summed E-state index contributed by atoms with van der Waals surface area (Å²) < 4.78 is 15.7. The van der Waals surface area contributed by atoms with E-state index in [1.165, 1.54) is 0 Å². The molecule has 0 spiro atoms. The number of ketones is 2. The van der Waals surface area contributed by atoms with E-state index in [2.05, 4.69) is 19.1 Å². The van der Waals surface area contributed by atoms with Gasteiger partial charge in [0.1, 0.15) is 11.6 Å². The molecule has 24 heavy (non-hydrogen) atoms. The highest BCUT2D eigenvalue weighted by Crippen LogP contribution is 2.52. The summed E-state index contributed by atoms with van der Waals surface area (Å²) in [5, 5.41) is 0. The maximum atomic E-state index is 11.4. The number of hydrogen-bond donors (Lipinski definition) is 0. The Balaban J connectivity index is 0.000000232. The van der Waals surface area contributed by atoms with E-state index in [9.17, 15) is 9.59 Å². The summed E-state index contributed by atoms with van der Waals surface area (Å²) in [5.74, 6) is 1.35. The van der Waals surface area contributed by atoms with Gasteiger partial charge in [0.05, 0.1) is 6.42 Å². The number of allylic oxidation sites excluding steroid dienone is 2. The Labute approximate surface area is 147 Å². The molecule has 3 rings (SSSR count). The zero-order valence-electron chi connectivity index (χ0n) is 14.5. The summed E-state index contributed by atoms with van der Waals surface area (Å²) in [6.07, 6.45) is 7.76. The van der Waals surface area contributed by atoms with Crippen LogP contribution < -0.4 is 0 Å². The SMILES string of the molecule is C.CCCC[Si](OC)(OC)OC.O=C1CC(=O)C2C3C=CC(C3)C12.